The largest absolute Gasteiger partial charge is 0.482 e. The number of rotatable bonds is 4. The van der Waals surface area contributed by atoms with Crippen LogP contribution in [0.5, 0.6) is 5.75 Å². The molecule has 3 nitrogen and oxygen atoms in total. The van der Waals surface area contributed by atoms with Crippen molar-refractivity contribution in [3.8, 4) is 5.75 Å². The minimum absolute atomic E-state index is 0.143. The topological polar surface area (TPSA) is 38.3 Å². The lowest BCUT2D eigenvalue weighted by Crippen LogP contribution is -2.20. The van der Waals surface area contributed by atoms with Crippen LogP contribution < -0.4 is 10.1 Å². The maximum atomic E-state index is 11.7. The molecule has 0 atom stereocenters. The van der Waals surface area contributed by atoms with Gasteiger partial charge < -0.3 is 10.1 Å². The summed E-state index contributed by atoms with van der Waals surface area (Å²) in [6.07, 6.45) is 0. The molecule has 2 aromatic carbocycles. The summed E-state index contributed by atoms with van der Waals surface area (Å²) in [6, 6.07) is 12.1. The minimum Gasteiger partial charge on any atom is -0.482 e. The number of hydrogen-bond acceptors (Lipinski definition) is 2. The first-order valence-electron chi connectivity index (χ1n) is 5.68. The molecule has 0 saturated heterocycles. The van der Waals surface area contributed by atoms with E-state index in [-0.39, 0.29) is 12.5 Å². The van der Waals surface area contributed by atoms with E-state index in [0.29, 0.717) is 21.5 Å². The standard InChI is InChI=1S/C14H10BrCl2NO2/c15-9-1-4-11(5-2-9)18-14(19)8-20-13-7-10(16)3-6-12(13)17/h1-7H,8H2,(H,18,19). The molecule has 2 aromatic rings. The number of nitrogens with one attached hydrogen (secondary N) is 1. The molecule has 6 heteroatoms. The lowest BCUT2D eigenvalue weighted by Gasteiger charge is -2.09. The van der Waals surface area contributed by atoms with Gasteiger partial charge in [0, 0.05) is 21.2 Å². The van der Waals surface area contributed by atoms with Crippen molar-refractivity contribution in [2.75, 3.05) is 11.9 Å². The summed E-state index contributed by atoms with van der Waals surface area (Å²) in [6.45, 7) is -0.143. The van der Waals surface area contributed by atoms with Crippen molar-refractivity contribution in [2.24, 2.45) is 0 Å². The molecule has 0 fully saturated rings. The fourth-order valence-corrected chi connectivity index (χ4v) is 2.06. The van der Waals surface area contributed by atoms with Crippen LogP contribution in [0.25, 0.3) is 0 Å². The van der Waals surface area contributed by atoms with E-state index in [1.54, 1.807) is 30.3 Å². The Balaban J connectivity index is 1.92. The number of ether oxygens (including phenoxy) is 1. The molecular weight excluding hydrogens is 365 g/mol. The predicted octanol–water partition coefficient (Wildman–Crippen LogP) is 4.77. The first-order valence-corrected chi connectivity index (χ1v) is 7.23. The molecule has 0 aliphatic heterocycles. The van der Waals surface area contributed by atoms with Gasteiger partial charge in [0.15, 0.2) is 6.61 Å². The lowest BCUT2D eigenvalue weighted by atomic mass is 10.3. The van der Waals surface area contributed by atoms with Crippen molar-refractivity contribution in [1.82, 2.24) is 0 Å². The van der Waals surface area contributed by atoms with Gasteiger partial charge in [0.05, 0.1) is 5.02 Å². The van der Waals surface area contributed by atoms with Gasteiger partial charge in [0.1, 0.15) is 5.75 Å². The van der Waals surface area contributed by atoms with E-state index in [0.717, 1.165) is 4.47 Å². The smallest absolute Gasteiger partial charge is 0.262 e. The van der Waals surface area contributed by atoms with Crippen LogP contribution in [0.1, 0.15) is 0 Å². The average Bonchev–Trinajstić information content (AvgIpc) is 2.42. The highest BCUT2D eigenvalue weighted by molar-refractivity contribution is 9.10. The van der Waals surface area contributed by atoms with Crippen molar-refractivity contribution in [2.45, 2.75) is 0 Å². The molecule has 0 aromatic heterocycles. The van der Waals surface area contributed by atoms with Crippen LogP contribution in [0.15, 0.2) is 46.9 Å². The van der Waals surface area contributed by atoms with Crippen LogP contribution >= 0.6 is 39.1 Å². The van der Waals surface area contributed by atoms with Gasteiger partial charge >= 0.3 is 0 Å². The predicted molar refractivity (Wildman–Crippen MR) is 84.7 cm³/mol. The van der Waals surface area contributed by atoms with Crippen LogP contribution in [0.2, 0.25) is 10.0 Å². The Kier molecular flexibility index (Phi) is 5.29. The van der Waals surface area contributed by atoms with E-state index in [1.807, 2.05) is 12.1 Å². The second-order valence-corrected chi connectivity index (χ2v) is 5.68. The van der Waals surface area contributed by atoms with Crippen molar-refractivity contribution in [3.63, 3.8) is 0 Å². The summed E-state index contributed by atoms with van der Waals surface area (Å²) >= 11 is 15.1. The molecule has 1 N–H and O–H groups in total. The van der Waals surface area contributed by atoms with Crippen molar-refractivity contribution in [1.29, 1.82) is 0 Å². The molecule has 2 rings (SSSR count). The molecule has 0 aliphatic carbocycles. The fraction of sp³-hybridized carbons (Fsp3) is 0.0714. The normalized spacial score (nSPS) is 10.2. The number of amides is 1. The number of halogens is 3. The number of benzene rings is 2. The number of hydrogen-bond donors (Lipinski definition) is 1. The molecule has 0 saturated carbocycles. The molecular formula is C14H10BrCl2NO2. The van der Waals surface area contributed by atoms with Gasteiger partial charge in [-0.25, -0.2) is 0 Å². The zero-order chi connectivity index (χ0) is 14.5. The summed E-state index contributed by atoms with van der Waals surface area (Å²) in [7, 11) is 0. The van der Waals surface area contributed by atoms with Crippen molar-refractivity contribution in [3.05, 3.63) is 57.0 Å². The molecule has 0 heterocycles. The van der Waals surface area contributed by atoms with E-state index < -0.39 is 0 Å². The SMILES string of the molecule is O=C(COc1cc(Cl)ccc1Cl)Nc1ccc(Br)cc1. The Bertz CT molecular complexity index is 617. The first kappa shape index (κ1) is 15.2. The maximum absolute atomic E-state index is 11.7. The van der Waals surface area contributed by atoms with Gasteiger partial charge in [-0.05, 0) is 36.4 Å². The monoisotopic (exact) mass is 373 g/mol. The third kappa shape index (κ3) is 4.40. The zero-order valence-electron chi connectivity index (χ0n) is 10.2. The number of carbonyl (C=O) groups is 1. The Morgan fingerprint density at radius 1 is 1.15 bits per heavy atom. The minimum atomic E-state index is -0.275. The van der Waals surface area contributed by atoms with Gasteiger partial charge in [0.2, 0.25) is 0 Å². The summed E-state index contributed by atoms with van der Waals surface area (Å²) < 4.78 is 6.28. The zero-order valence-corrected chi connectivity index (χ0v) is 13.3. The van der Waals surface area contributed by atoms with Crippen LogP contribution in [0, 0.1) is 0 Å². The molecule has 0 radical (unpaired) electrons. The lowest BCUT2D eigenvalue weighted by molar-refractivity contribution is -0.118. The number of carbonyl (C=O) groups excluding carboxylic acids is 1. The number of anilines is 1. The third-order valence-electron chi connectivity index (χ3n) is 2.38. The summed E-state index contributed by atoms with van der Waals surface area (Å²) in [5, 5.41) is 3.62. The van der Waals surface area contributed by atoms with Crippen LogP contribution in [0.4, 0.5) is 5.69 Å². The first-order chi connectivity index (χ1) is 9.54. The molecule has 0 bridgehead atoms. The van der Waals surface area contributed by atoms with E-state index in [9.17, 15) is 4.79 Å². The van der Waals surface area contributed by atoms with Crippen LogP contribution in [-0.2, 0) is 4.79 Å². The second-order valence-electron chi connectivity index (χ2n) is 3.92. The highest BCUT2D eigenvalue weighted by Gasteiger charge is 2.07. The van der Waals surface area contributed by atoms with E-state index in [4.69, 9.17) is 27.9 Å². The highest BCUT2D eigenvalue weighted by Crippen LogP contribution is 2.27. The molecule has 0 aliphatic rings. The fourth-order valence-electron chi connectivity index (χ4n) is 1.46. The quantitative estimate of drug-likeness (QED) is 0.836. The van der Waals surface area contributed by atoms with Gasteiger partial charge in [-0.3, -0.25) is 4.79 Å². The molecule has 20 heavy (non-hydrogen) atoms. The second kappa shape index (κ2) is 6.97. The molecule has 0 spiro atoms. The van der Waals surface area contributed by atoms with Gasteiger partial charge in [-0.1, -0.05) is 39.1 Å². The van der Waals surface area contributed by atoms with Gasteiger partial charge in [-0.2, -0.15) is 0 Å². The Morgan fingerprint density at radius 2 is 1.85 bits per heavy atom. The third-order valence-corrected chi connectivity index (χ3v) is 3.46. The van der Waals surface area contributed by atoms with E-state index in [1.165, 1.54) is 0 Å². The highest BCUT2D eigenvalue weighted by atomic mass is 79.9. The molecule has 0 unspecified atom stereocenters. The molecule has 1 amide bonds. The van der Waals surface area contributed by atoms with Gasteiger partial charge in [0.25, 0.3) is 5.91 Å². The van der Waals surface area contributed by atoms with E-state index in [2.05, 4.69) is 21.2 Å². The van der Waals surface area contributed by atoms with Crippen LogP contribution in [0.3, 0.4) is 0 Å². The van der Waals surface area contributed by atoms with Crippen molar-refractivity contribution >= 4 is 50.7 Å². The summed E-state index contributed by atoms with van der Waals surface area (Å²) in [4.78, 5) is 11.7. The summed E-state index contributed by atoms with van der Waals surface area (Å²) in [5.74, 6) is 0.105. The Labute approximate surface area is 135 Å². The Morgan fingerprint density at radius 3 is 2.55 bits per heavy atom. The Hall–Kier alpha value is -1.23. The average molecular weight is 375 g/mol. The maximum Gasteiger partial charge on any atom is 0.262 e. The van der Waals surface area contributed by atoms with Gasteiger partial charge in [-0.15, -0.1) is 0 Å². The van der Waals surface area contributed by atoms with Crippen LogP contribution in [-0.4, -0.2) is 12.5 Å². The van der Waals surface area contributed by atoms with Crippen molar-refractivity contribution < 1.29 is 9.53 Å². The summed E-state index contributed by atoms with van der Waals surface area (Å²) in [5.41, 5.74) is 0.694. The molecule has 104 valence electrons. The van der Waals surface area contributed by atoms with E-state index >= 15 is 0 Å².